The van der Waals surface area contributed by atoms with Crippen LogP contribution in [0.5, 0.6) is 0 Å². The largest absolute Gasteiger partial charge is 0.389 e. The molecule has 0 spiro atoms. The molecule has 1 N–H and O–H groups in total. The molecule has 0 aromatic heterocycles. The lowest BCUT2D eigenvalue weighted by Gasteiger charge is -2.34. The first-order valence-electron chi connectivity index (χ1n) is 9.02. The van der Waals surface area contributed by atoms with Crippen LogP contribution in [0.3, 0.4) is 0 Å². The summed E-state index contributed by atoms with van der Waals surface area (Å²) >= 11 is 3.46. The van der Waals surface area contributed by atoms with Gasteiger partial charge >= 0.3 is 0 Å². The summed E-state index contributed by atoms with van der Waals surface area (Å²) < 4.78 is 7.12. The molecule has 3 nitrogen and oxygen atoms in total. The third-order valence-corrected chi connectivity index (χ3v) is 5.77. The van der Waals surface area contributed by atoms with Crippen LogP contribution in [0.25, 0.3) is 0 Å². The van der Waals surface area contributed by atoms with Gasteiger partial charge in [-0.15, -0.1) is 0 Å². The van der Waals surface area contributed by atoms with E-state index in [0.717, 1.165) is 49.9 Å². The molecule has 1 heterocycles. The summed E-state index contributed by atoms with van der Waals surface area (Å²) in [5.41, 5.74) is 1.34. The number of benzene rings is 1. The van der Waals surface area contributed by atoms with E-state index in [4.69, 9.17) is 4.74 Å². The lowest BCUT2D eigenvalue weighted by atomic mass is 10.1. The number of aliphatic hydroxyl groups is 1. The van der Waals surface area contributed by atoms with Crippen LogP contribution >= 0.6 is 15.9 Å². The molecule has 1 aliphatic carbocycles. The summed E-state index contributed by atoms with van der Waals surface area (Å²) in [5, 5.41) is 10.6. The molecule has 0 radical (unpaired) electrons. The van der Waals surface area contributed by atoms with E-state index in [0.29, 0.717) is 6.04 Å². The molecule has 1 saturated carbocycles. The second-order valence-electron chi connectivity index (χ2n) is 6.87. The van der Waals surface area contributed by atoms with E-state index >= 15 is 0 Å². The lowest BCUT2D eigenvalue weighted by molar-refractivity contribution is -0.0453. The number of ether oxygens (including phenoxy) is 1. The summed E-state index contributed by atoms with van der Waals surface area (Å²) in [6.07, 6.45) is 7.76. The van der Waals surface area contributed by atoms with Crippen LogP contribution in [0.1, 0.15) is 44.1 Å². The number of hydrogen-bond donors (Lipinski definition) is 1. The smallest absolute Gasteiger partial charge is 0.0956 e. The van der Waals surface area contributed by atoms with E-state index in [2.05, 4.69) is 45.1 Å². The van der Waals surface area contributed by atoms with Crippen LogP contribution in [0.15, 0.2) is 28.7 Å². The van der Waals surface area contributed by atoms with Gasteiger partial charge in [-0.05, 0) is 69.3 Å². The number of nitrogens with zero attached hydrogens (tertiary/aromatic N) is 1. The van der Waals surface area contributed by atoms with Crippen molar-refractivity contribution in [2.45, 2.75) is 63.2 Å². The number of piperidine rings is 1. The van der Waals surface area contributed by atoms with Crippen molar-refractivity contribution in [2.24, 2.45) is 0 Å². The Kier molecular flexibility index (Phi) is 6.52. The summed E-state index contributed by atoms with van der Waals surface area (Å²) in [7, 11) is 0. The van der Waals surface area contributed by atoms with Crippen molar-refractivity contribution in [2.75, 3.05) is 19.7 Å². The predicted octanol–water partition coefficient (Wildman–Crippen LogP) is 3.78. The number of likely N-dealkylation sites (tertiary alicyclic amines) is 1. The highest BCUT2D eigenvalue weighted by Crippen LogP contribution is 2.29. The van der Waals surface area contributed by atoms with Gasteiger partial charge in [0.1, 0.15) is 0 Å². The molecule has 2 fully saturated rings. The second kappa shape index (κ2) is 8.61. The average Bonchev–Trinajstić information content (AvgIpc) is 2.95. The highest BCUT2D eigenvalue weighted by atomic mass is 79.9. The van der Waals surface area contributed by atoms with Gasteiger partial charge in [0.2, 0.25) is 0 Å². The van der Waals surface area contributed by atoms with Gasteiger partial charge in [0.05, 0.1) is 12.2 Å². The molecule has 0 bridgehead atoms. The van der Waals surface area contributed by atoms with Gasteiger partial charge in [0.25, 0.3) is 0 Å². The fourth-order valence-corrected chi connectivity index (χ4v) is 4.18. The van der Waals surface area contributed by atoms with Gasteiger partial charge in [-0.3, -0.25) is 4.90 Å². The van der Waals surface area contributed by atoms with Crippen molar-refractivity contribution >= 4 is 15.9 Å². The van der Waals surface area contributed by atoms with Gasteiger partial charge < -0.3 is 9.84 Å². The Hall–Kier alpha value is -0.420. The molecule has 3 rings (SSSR count). The minimum absolute atomic E-state index is 0.0341. The minimum Gasteiger partial charge on any atom is -0.389 e. The monoisotopic (exact) mass is 381 g/mol. The van der Waals surface area contributed by atoms with Crippen LogP contribution < -0.4 is 0 Å². The van der Waals surface area contributed by atoms with Crippen molar-refractivity contribution < 1.29 is 9.84 Å². The van der Waals surface area contributed by atoms with Crippen molar-refractivity contribution in [3.05, 3.63) is 34.3 Å². The maximum atomic E-state index is 10.6. The first-order chi connectivity index (χ1) is 11.2. The fourth-order valence-electron chi connectivity index (χ4n) is 3.92. The Morgan fingerprint density at radius 2 is 1.83 bits per heavy atom. The minimum atomic E-state index is -0.305. The molecule has 2 aliphatic rings. The van der Waals surface area contributed by atoms with Crippen LogP contribution in [-0.2, 0) is 11.2 Å². The van der Waals surface area contributed by atoms with E-state index in [9.17, 15) is 5.11 Å². The Morgan fingerprint density at radius 1 is 1.09 bits per heavy atom. The molecule has 0 amide bonds. The third-order valence-electron chi connectivity index (χ3n) is 5.24. The quantitative estimate of drug-likeness (QED) is 0.761. The SMILES string of the molecule is OC1C(OCCCc2ccc(Br)cc2)CCC1N1CCCCC1. The second-order valence-corrected chi connectivity index (χ2v) is 7.79. The van der Waals surface area contributed by atoms with Crippen molar-refractivity contribution in [1.82, 2.24) is 4.90 Å². The molecule has 3 unspecified atom stereocenters. The van der Waals surface area contributed by atoms with Gasteiger partial charge in [0.15, 0.2) is 0 Å². The first-order valence-corrected chi connectivity index (χ1v) is 9.81. The molecule has 1 saturated heterocycles. The molecule has 1 aliphatic heterocycles. The van der Waals surface area contributed by atoms with Crippen LogP contribution in [0.4, 0.5) is 0 Å². The number of rotatable bonds is 6. The predicted molar refractivity (Wildman–Crippen MR) is 96.7 cm³/mol. The lowest BCUT2D eigenvalue weighted by Crippen LogP contribution is -2.46. The van der Waals surface area contributed by atoms with Gasteiger partial charge in [-0.2, -0.15) is 0 Å². The summed E-state index contributed by atoms with van der Waals surface area (Å²) in [6, 6.07) is 8.80. The molecular formula is C19H28BrNO2. The average molecular weight is 382 g/mol. The third kappa shape index (κ3) is 4.79. The molecule has 4 heteroatoms. The van der Waals surface area contributed by atoms with Gasteiger partial charge in [-0.25, -0.2) is 0 Å². The molecular weight excluding hydrogens is 354 g/mol. The van der Waals surface area contributed by atoms with E-state index in [1.165, 1.54) is 24.8 Å². The summed E-state index contributed by atoms with van der Waals surface area (Å²) in [5.74, 6) is 0. The normalized spacial score (nSPS) is 29.0. The molecule has 1 aromatic rings. The van der Waals surface area contributed by atoms with Gasteiger partial charge in [0, 0.05) is 17.1 Å². The zero-order chi connectivity index (χ0) is 16.1. The highest BCUT2D eigenvalue weighted by molar-refractivity contribution is 9.10. The molecule has 1 aromatic carbocycles. The van der Waals surface area contributed by atoms with Gasteiger partial charge in [-0.1, -0.05) is 34.5 Å². The standard InChI is InChI=1S/C19H28BrNO2/c20-16-8-6-15(7-9-16)5-4-14-23-18-11-10-17(19(18)22)21-12-2-1-3-13-21/h6-9,17-19,22H,1-5,10-14H2. The maximum absolute atomic E-state index is 10.6. The summed E-state index contributed by atoms with van der Waals surface area (Å²) in [6.45, 7) is 3.04. The van der Waals surface area contributed by atoms with E-state index in [1.807, 2.05) is 0 Å². The molecule has 3 atom stereocenters. The van der Waals surface area contributed by atoms with E-state index < -0.39 is 0 Å². The summed E-state index contributed by atoms with van der Waals surface area (Å²) in [4.78, 5) is 2.49. The van der Waals surface area contributed by atoms with Crippen molar-refractivity contribution in [3.8, 4) is 0 Å². The first kappa shape index (κ1) is 17.4. The highest BCUT2D eigenvalue weighted by Gasteiger charge is 2.38. The number of aliphatic hydroxyl groups excluding tert-OH is 1. The van der Waals surface area contributed by atoms with Crippen LogP contribution in [-0.4, -0.2) is 48.0 Å². The van der Waals surface area contributed by atoms with Crippen molar-refractivity contribution in [3.63, 3.8) is 0 Å². The van der Waals surface area contributed by atoms with Crippen molar-refractivity contribution in [1.29, 1.82) is 0 Å². The number of halogens is 1. The zero-order valence-corrected chi connectivity index (χ0v) is 15.4. The Labute approximate surface area is 148 Å². The topological polar surface area (TPSA) is 32.7 Å². The molecule has 128 valence electrons. The Bertz CT molecular complexity index is 473. The number of aryl methyl sites for hydroxylation is 1. The fraction of sp³-hybridized carbons (Fsp3) is 0.684. The van der Waals surface area contributed by atoms with E-state index in [1.54, 1.807) is 0 Å². The van der Waals surface area contributed by atoms with Crippen LogP contribution in [0, 0.1) is 0 Å². The number of hydrogen-bond acceptors (Lipinski definition) is 3. The molecule has 23 heavy (non-hydrogen) atoms. The Balaban J connectivity index is 1.38. The Morgan fingerprint density at radius 3 is 2.57 bits per heavy atom. The van der Waals surface area contributed by atoms with Crippen LogP contribution in [0.2, 0.25) is 0 Å². The van der Waals surface area contributed by atoms with E-state index in [-0.39, 0.29) is 12.2 Å². The maximum Gasteiger partial charge on any atom is 0.0956 e. The zero-order valence-electron chi connectivity index (χ0n) is 13.8.